The number of aryl methyl sites for hydroxylation is 2. The number of ether oxygens (including phenoxy) is 2. The Bertz CT molecular complexity index is 814. The Balaban J connectivity index is 1.92. The van der Waals surface area contributed by atoms with Gasteiger partial charge in [-0.2, -0.15) is 0 Å². The van der Waals surface area contributed by atoms with Crippen LogP contribution in [0.3, 0.4) is 0 Å². The zero-order chi connectivity index (χ0) is 18.4. The lowest BCUT2D eigenvalue weighted by atomic mass is 10.1. The van der Waals surface area contributed by atoms with E-state index in [-0.39, 0.29) is 17.9 Å². The SMILES string of the molecule is COc1ccc(CNC(=O)CCc2c(C)nc(C)[nH]c2=O)cc1OC. The molecule has 0 unspecified atom stereocenters. The number of hydrogen-bond acceptors (Lipinski definition) is 5. The average Bonchev–Trinajstić information content (AvgIpc) is 2.58. The maximum absolute atomic E-state index is 12.1. The number of aromatic nitrogens is 2. The Kier molecular flexibility index (Phi) is 6.16. The fourth-order valence-electron chi connectivity index (χ4n) is 2.56. The standard InChI is InChI=1S/C18H23N3O4/c1-11-14(18(23)21-12(2)20-11)6-8-17(22)19-10-13-5-7-15(24-3)16(9-13)25-4/h5,7,9H,6,8,10H2,1-4H3,(H,19,22)(H,20,21,23). The van der Waals surface area contributed by atoms with E-state index in [2.05, 4.69) is 15.3 Å². The van der Waals surface area contributed by atoms with Crippen LogP contribution in [0.2, 0.25) is 0 Å². The molecule has 2 N–H and O–H groups in total. The average molecular weight is 345 g/mol. The second kappa shape index (κ2) is 8.32. The molecule has 1 heterocycles. The summed E-state index contributed by atoms with van der Waals surface area (Å²) in [5, 5.41) is 2.84. The van der Waals surface area contributed by atoms with Crippen molar-refractivity contribution in [1.82, 2.24) is 15.3 Å². The minimum Gasteiger partial charge on any atom is -0.493 e. The van der Waals surface area contributed by atoms with Gasteiger partial charge in [-0.1, -0.05) is 6.07 Å². The Morgan fingerprint density at radius 2 is 1.92 bits per heavy atom. The summed E-state index contributed by atoms with van der Waals surface area (Å²) in [6.07, 6.45) is 0.578. The minimum atomic E-state index is -0.183. The van der Waals surface area contributed by atoms with Crippen LogP contribution in [-0.4, -0.2) is 30.1 Å². The monoisotopic (exact) mass is 345 g/mol. The number of carbonyl (C=O) groups is 1. The fourth-order valence-corrected chi connectivity index (χ4v) is 2.56. The summed E-state index contributed by atoms with van der Waals surface area (Å²) in [6, 6.07) is 5.47. The molecule has 2 rings (SSSR count). The summed E-state index contributed by atoms with van der Waals surface area (Å²) in [5.41, 5.74) is 1.93. The molecule has 1 aromatic heterocycles. The van der Waals surface area contributed by atoms with Crippen molar-refractivity contribution in [3.8, 4) is 11.5 Å². The molecule has 1 aromatic carbocycles. The number of aromatic amines is 1. The second-order valence-corrected chi connectivity index (χ2v) is 5.68. The fraction of sp³-hybridized carbons (Fsp3) is 0.389. The molecular formula is C18H23N3O4. The summed E-state index contributed by atoms with van der Waals surface area (Å²) < 4.78 is 10.4. The molecule has 0 aliphatic rings. The summed E-state index contributed by atoms with van der Waals surface area (Å²) in [6.45, 7) is 3.88. The van der Waals surface area contributed by atoms with Gasteiger partial charge in [0.25, 0.3) is 5.56 Å². The first-order valence-electron chi connectivity index (χ1n) is 7.98. The predicted molar refractivity (Wildman–Crippen MR) is 94.0 cm³/mol. The Labute approximate surface area is 146 Å². The van der Waals surface area contributed by atoms with Crippen LogP contribution in [-0.2, 0) is 17.8 Å². The van der Waals surface area contributed by atoms with Crippen LogP contribution < -0.4 is 20.3 Å². The maximum atomic E-state index is 12.1. The quantitative estimate of drug-likeness (QED) is 0.796. The van der Waals surface area contributed by atoms with Crippen LogP contribution in [0.4, 0.5) is 0 Å². The van der Waals surface area contributed by atoms with Crippen LogP contribution >= 0.6 is 0 Å². The lowest BCUT2D eigenvalue weighted by Crippen LogP contribution is -2.25. The molecule has 25 heavy (non-hydrogen) atoms. The van der Waals surface area contributed by atoms with E-state index in [4.69, 9.17) is 9.47 Å². The van der Waals surface area contributed by atoms with Gasteiger partial charge in [0.1, 0.15) is 5.82 Å². The summed E-state index contributed by atoms with van der Waals surface area (Å²) in [7, 11) is 3.14. The molecule has 0 bridgehead atoms. The van der Waals surface area contributed by atoms with Gasteiger partial charge in [-0.3, -0.25) is 9.59 Å². The molecule has 134 valence electrons. The first kappa shape index (κ1) is 18.5. The van der Waals surface area contributed by atoms with Crippen LogP contribution in [0.25, 0.3) is 0 Å². The van der Waals surface area contributed by atoms with E-state index in [0.29, 0.717) is 41.5 Å². The number of nitrogens with one attached hydrogen (secondary N) is 2. The highest BCUT2D eigenvalue weighted by molar-refractivity contribution is 5.76. The van der Waals surface area contributed by atoms with Gasteiger partial charge >= 0.3 is 0 Å². The highest BCUT2D eigenvalue weighted by Crippen LogP contribution is 2.27. The molecule has 0 atom stereocenters. The van der Waals surface area contributed by atoms with Crippen molar-refractivity contribution in [2.24, 2.45) is 0 Å². The number of methoxy groups -OCH3 is 2. The van der Waals surface area contributed by atoms with Gasteiger partial charge in [0, 0.05) is 24.2 Å². The molecule has 1 amide bonds. The van der Waals surface area contributed by atoms with Crippen LogP contribution in [0, 0.1) is 13.8 Å². The van der Waals surface area contributed by atoms with Crippen LogP contribution in [0.5, 0.6) is 11.5 Å². The summed E-state index contributed by atoms with van der Waals surface area (Å²) in [4.78, 5) is 30.9. The van der Waals surface area contributed by atoms with Crippen molar-refractivity contribution in [3.63, 3.8) is 0 Å². The normalized spacial score (nSPS) is 10.4. The molecule has 0 radical (unpaired) electrons. The van der Waals surface area contributed by atoms with E-state index in [1.807, 2.05) is 12.1 Å². The van der Waals surface area contributed by atoms with Crippen LogP contribution in [0.1, 0.15) is 29.1 Å². The van der Waals surface area contributed by atoms with Crippen molar-refractivity contribution in [2.75, 3.05) is 14.2 Å². The Morgan fingerprint density at radius 3 is 2.56 bits per heavy atom. The number of hydrogen-bond donors (Lipinski definition) is 2. The molecule has 0 aliphatic carbocycles. The minimum absolute atomic E-state index is 0.130. The van der Waals surface area contributed by atoms with Crippen LogP contribution in [0.15, 0.2) is 23.0 Å². The third-order valence-electron chi connectivity index (χ3n) is 3.88. The smallest absolute Gasteiger partial charge is 0.254 e. The number of H-pyrrole nitrogens is 1. The number of rotatable bonds is 7. The molecule has 0 aliphatic heterocycles. The van der Waals surface area contributed by atoms with Crippen molar-refractivity contribution in [1.29, 1.82) is 0 Å². The second-order valence-electron chi connectivity index (χ2n) is 5.68. The zero-order valence-electron chi connectivity index (χ0n) is 14.9. The first-order chi connectivity index (χ1) is 11.9. The lowest BCUT2D eigenvalue weighted by Gasteiger charge is -2.10. The van der Waals surface area contributed by atoms with Gasteiger partial charge in [-0.15, -0.1) is 0 Å². The van der Waals surface area contributed by atoms with E-state index in [9.17, 15) is 9.59 Å². The van der Waals surface area contributed by atoms with Crippen molar-refractivity contribution in [3.05, 3.63) is 51.2 Å². The number of amides is 1. The lowest BCUT2D eigenvalue weighted by molar-refractivity contribution is -0.121. The van der Waals surface area contributed by atoms with Gasteiger partial charge in [0.2, 0.25) is 5.91 Å². The zero-order valence-corrected chi connectivity index (χ0v) is 14.9. The number of benzene rings is 1. The number of nitrogens with zero attached hydrogens (tertiary/aromatic N) is 1. The van der Waals surface area contributed by atoms with Gasteiger partial charge in [0.05, 0.1) is 14.2 Å². The van der Waals surface area contributed by atoms with Crippen molar-refractivity contribution in [2.45, 2.75) is 33.2 Å². The third kappa shape index (κ3) is 4.82. The largest absolute Gasteiger partial charge is 0.493 e. The van der Waals surface area contributed by atoms with Crippen molar-refractivity contribution < 1.29 is 14.3 Å². The summed E-state index contributed by atoms with van der Waals surface area (Å²) >= 11 is 0. The summed E-state index contributed by atoms with van der Waals surface area (Å²) in [5.74, 6) is 1.69. The molecule has 0 saturated heterocycles. The highest BCUT2D eigenvalue weighted by atomic mass is 16.5. The molecule has 0 saturated carbocycles. The topological polar surface area (TPSA) is 93.3 Å². The molecular weight excluding hydrogens is 322 g/mol. The molecule has 7 heteroatoms. The van der Waals surface area contributed by atoms with Gasteiger partial charge in [-0.25, -0.2) is 4.98 Å². The van der Waals surface area contributed by atoms with Gasteiger partial charge in [-0.05, 0) is 38.0 Å². The van der Waals surface area contributed by atoms with E-state index in [1.54, 1.807) is 34.1 Å². The third-order valence-corrected chi connectivity index (χ3v) is 3.88. The van der Waals surface area contributed by atoms with Gasteiger partial charge < -0.3 is 19.8 Å². The van der Waals surface area contributed by atoms with E-state index >= 15 is 0 Å². The molecule has 0 fully saturated rings. The molecule has 2 aromatic rings. The Hall–Kier alpha value is -2.83. The number of carbonyl (C=O) groups excluding carboxylic acids is 1. The Morgan fingerprint density at radius 1 is 1.20 bits per heavy atom. The van der Waals surface area contributed by atoms with E-state index in [0.717, 1.165) is 5.56 Å². The van der Waals surface area contributed by atoms with E-state index < -0.39 is 0 Å². The van der Waals surface area contributed by atoms with Crippen molar-refractivity contribution >= 4 is 5.91 Å². The maximum Gasteiger partial charge on any atom is 0.254 e. The predicted octanol–water partition coefficient (Wildman–Crippen LogP) is 1.65. The van der Waals surface area contributed by atoms with Gasteiger partial charge in [0.15, 0.2) is 11.5 Å². The first-order valence-corrected chi connectivity index (χ1v) is 7.98. The molecule has 7 nitrogen and oxygen atoms in total. The van der Waals surface area contributed by atoms with E-state index in [1.165, 1.54) is 0 Å². The molecule has 0 spiro atoms. The highest BCUT2D eigenvalue weighted by Gasteiger charge is 2.10.